The van der Waals surface area contributed by atoms with Crippen molar-refractivity contribution in [2.45, 2.75) is 5.41 Å². The lowest BCUT2D eigenvalue weighted by Crippen LogP contribution is -2.31. The van der Waals surface area contributed by atoms with Crippen molar-refractivity contribution in [2.24, 2.45) is 0 Å². The van der Waals surface area contributed by atoms with Crippen LogP contribution >= 0.6 is 14.3 Å². The lowest BCUT2D eigenvalue weighted by molar-refractivity contribution is 0.577. The van der Waals surface area contributed by atoms with Crippen molar-refractivity contribution < 1.29 is 44.3 Å². The second-order valence-corrected chi connectivity index (χ2v) is 20.2. The summed E-state index contributed by atoms with van der Waals surface area (Å²) in [6.45, 7) is 0. The first-order chi connectivity index (χ1) is 29.2. The van der Waals surface area contributed by atoms with E-state index in [2.05, 4.69) is 0 Å². The van der Waals surface area contributed by atoms with E-state index in [4.69, 9.17) is 0 Å². The Morgan fingerprint density at radius 3 is 0.803 bits per heavy atom. The molecule has 0 atom stereocenters. The molecule has 0 unspecified atom stereocenters. The summed E-state index contributed by atoms with van der Waals surface area (Å²) >= 11 is 0. The van der Waals surface area contributed by atoms with Gasteiger partial charge in [-0.25, -0.2) is 35.1 Å². The van der Waals surface area contributed by atoms with E-state index in [0.29, 0.717) is 35.4 Å². The van der Waals surface area contributed by atoms with Gasteiger partial charge in [-0.15, -0.1) is 0 Å². The zero-order chi connectivity index (χ0) is 42.8. The molecule has 1 aliphatic rings. The van der Waals surface area contributed by atoms with Crippen molar-refractivity contribution in [1.82, 2.24) is 0 Å². The van der Waals surface area contributed by atoms with Crippen molar-refractivity contribution >= 4 is 46.1 Å². The Labute approximate surface area is 344 Å². The van der Waals surface area contributed by atoms with Crippen LogP contribution in [0.2, 0.25) is 0 Å². The van der Waals surface area contributed by atoms with Gasteiger partial charge in [0.1, 0.15) is 46.5 Å². The number of fused-ring (bicyclic) bond motifs is 3. The standard InChI is InChI=1S/C49H28F8O2P2/c50-31-17-32(51)22-41(21-31)60(58,42-23-33(52)18-34(53)24-42)39-13-9-29(10-14-39)49(47-7-3-1-5-45(47)46-6-2-4-8-48(46)49)30-11-15-40(16-12-30)61(59,43-25-35(54)19-36(55)26-43)44-27-37(56)20-38(57)28-44/h1-28H. The molecule has 12 heteroatoms. The highest BCUT2D eigenvalue weighted by atomic mass is 31.2. The van der Waals surface area contributed by atoms with Gasteiger partial charge in [-0.3, -0.25) is 0 Å². The van der Waals surface area contributed by atoms with Gasteiger partial charge in [0.05, 0.1) is 5.41 Å². The van der Waals surface area contributed by atoms with Crippen LogP contribution in [0.4, 0.5) is 35.1 Å². The lowest BCUT2D eigenvalue weighted by Gasteiger charge is -2.34. The molecule has 0 fully saturated rings. The molecule has 0 aliphatic heterocycles. The Morgan fingerprint density at radius 1 is 0.295 bits per heavy atom. The summed E-state index contributed by atoms with van der Waals surface area (Å²) in [4.78, 5) is 0. The van der Waals surface area contributed by atoms with Crippen LogP contribution in [0.3, 0.4) is 0 Å². The summed E-state index contributed by atoms with van der Waals surface area (Å²) in [5.41, 5.74) is 3.31. The van der Waals surface area contributed by atoms with Crippen molar-refractivity contribution in [3.05, 3.63) is 239 Å². The van der Waals surface area contributed by atoms with Crippen LogP contribution in [-0.2, 0) is 14.5 Å². The van der Waals surface area contributed by atoms with Crippen molar-refractivity contribution in [3.8, 4) is 11.1 Å². The lowest BCUT2D eigenvalue weighted by atomic mass is 9.68. The Kier molecular flexibility index (Phi) is 9.85. The van der Waals surface area contributed by atoms with E-state index in [0.717, 1.165) is 70.8 Å². The predicted molar refractivity (Wildman–Crippen MR) is 222 cm³/mol. The Morgan fingerprint density at radius 2 is 0.541 bits per heavy atom. The van der Waals surface area contributed by atoms with Crippen LogP contribution in [0.15, 0.2) is 170 Å². The maximum atomic E-state index is 15.3. The van der Waals surface area contributed by atoms with Crippen molar-refractivity contribution in [1.29, 1.82) is 0 Å². The molecule has 0 bridgehead atoms. The Bertz CT molecular complexity index is 2750. The second kappa shape index (κ2) is 15.0. The molecule has 0 radical (unpaired) electrons. The van der Waals surface area contributed by atoms with Gasteiger partial charge in [0.15, 0.2) is 14.3 Å². The summed E-state index contributed by atoms with van der Waals surface area (Å²) < 4.78 is 148. The molecule has 0 N–H and O–H groups in total. The van der Waals surface area contributed by atoms with Gasteiger partial charge in [0.2, 0.25) is 0 Å². The molecule has 8 aromatic rings. The van der Waals surface area contributed by atoms with E-state index in [1.54, 1.807) is 24.3 Å². The van der Waals surface area contributed by atoms with Gasteiger partial charge in [-0.05, 0) is 81.9 Å². The molecule has 0 heterocycles. The summed E-state index contributed by atoms with van der Waals surface area (Å²) in [5.74, 6) is -8.33. The third-order valence-corrected chi connectivity index (χ3v) is 17.1. The molecule has 8 aromatic carbocycles. The SMILES string of the molecule is O=P(c1ccc(C2(c3ccc(P(=O)(c4cc(F)cc(F)c4)c4cc(F)cc(F)c4)cc3)c3ccccc3-c3ccccc32)cc1)(c1cc(F)cc(F)c1)c1cc(F)cc(F)c1. The first-order valence-corrected chi connectivity index (χ1v) is 22.1. The minimum absolute atomic E-state index is 0.0157. The van der Waals surface area contributed by atoms with Gasteiger partial charge < -0.3 is 9.13 Å². The van der Waals surface area contributed by atoms with Crippen LogP contribution in [0, 0.1) is 46.5 Å². The normalized spacial score (nSPS) is 13.2. The maximum Gasteiger partial charge on any atom is 0.171 e. The second-order valence-electron chi connectivity index (χ2n) is 14.7. The molecular formula is C49H28F8O2P2. The number of hydrogen-bond donors (Lipinski definition) is 0. The molecule has 1 aliphatic carbocycles. The minimum Gasteiger partial charge on any atom is -0.309 e. The zero-order valence-electron chi connectivity index (χ0n) is 31.4. The van der Waals surface area contributed by atoms with Crippen LogP contribution < -0.4 is 31.8 Å². The molecule has 61 heavy (non-hydrogen) atoms. The molecule has 302 valence electrons. The van der Waals surface area contributed by atoms with E-state index < -0.39 is 66.2 Å². The largest absolute Gasteiger partial charge is 0.309 e. The zero-order valence-corrected chi connectivity index (χ0v) is 33.2. The summed E-state index contributed by atoms with van der Waals surface area (Å²) in [5, 5.41) is -1.28. The number of halogens is 8. The minimum atomic E-state index is -4.36. The first-order valence-electron chi connectivity index (χ1n) is 18.7. The average molecular weight is 863 g/mol. The maximum absolute atomic E-state index is 15.3. The smallest absolute Gasteiger partial charge is 0.171 e. The van der Waals surface area contributed by atoms with Crippen molar-refractivity contribution in [2.75, 3.05) is 0 Å². The van der Waals surface area contributed by atoms with Gasteiger partial charge in [0, 0.05) is 56.1 Å². The number of rotatable bonds is 8. The quantitative estimate of drug-likeness (QED) is 0.113. The van der Waals surface area contributed by atoms with E-state index >= 15 is 9.13 Å². The molecule has 0 amide bonds. The number of benzene rings is 8. The van der Waals surface area contributed by atoms with Gasteiger partial charge in [-0.2, -0.15) is 0 Å². The highest BCUT2D eigenvalue weighted by Crippen LogP contribution is 2.56. The highest BCUT2D eigenvalue weighted by Gasteiger charge is 2.46. The predicted octanol–water partition coefficient (Wildman–Crippen LogP) is 10.4. The molecule has 0 aromatic heterocycles. The molecule has 0 spiro atoms. The molecular weight excluding hydrogens is 834 g/mol. The molecule has 9 rings (SSSR count). The third-order valence-electron chi connectivity index (χ3n) is 11.1. The first kappa shape index (κ1) is 40.1. The molecule has 0 saturated carbocycles. The fraction of sp³-hybridized carbons (Fsp3) is 0.0204. The summed E-state index contributed by atoms with van der Waals surface area (Å²) in [6.07, 6.45) is 0. The highest BCUT2D eigenvalue weighted by molar-refractivity contribution is 7.85. The van der Waals surface area contributed by atoms with Gasteiger partial charge >= 0.3 is 0 Å². The number of hydrogen-bond acceptors (Lipinski definition) is 2. The fourth-order valence-corrected chi connectivity index (χ4v) is 14.0. The topological polar surface area (TPSA) is 34.1 Å². The van der Waals surface area contributed by atoms with E-state index in [1.165, 1.54) is 24.3 Å². The Balaban J connectivity index is 1.27. The van der Waals surface area contributed by atoms with Crippen molar-refractivity contribution in [3.63, 3.8) is 0 Å². The van der Waals surface area contributed by atoms with E-state index in [-0.39, 0.29) is 31.8 Å². The van der Waals surface area contributed by atoms with E-state index in [1.807, 2.05) is 48.5 Å². The van der Waals surface area contributed by atoms with Crippen LogP contribution in [0.25, 0.3) is 11.1 Å². The summed E-state index contributed by atoms with van der Waals surface area (Å²) in [6, 6.07) is 37.0. The van der Waals surface area contributed by atoms with Crippen LogP contribution in [-0.4, -0.2) is 0 Å². The van der Waals surface area contributed by atoms with Crippen LogP contribution in [0.1, 0.15) is 22.3 Å². The van der Waals surface area contributed by atoms with E-state index in [9.17, 15) is 35.1 Å². The molecule has 2 nitrogen and oxygen atoms in total. The fourth-order valence-electron chi connectivity index (χ4n) is 8.65. The molecule has 0 saturated heterocycles. The van der Waals surface area contributed by atoms with Crippen LogP contribution in [0.5, 0.6) is 0 Å². The average Bonchev–Trinajstić information content (AvgIpc) is 3.53. The monoisotopic (exact) mass is 862 g/mol. The van der Waals surface area contributed by atoms with Gasteiger partial charge in [0.25, 0.3) is 0 Å². The third kappa shape index (κ3) is 6.57. The Hall–Kier alpha value is -6.34. The summed E-state index contributed by atoms with van der Waals surface area (Å²) in [7, 11) is -8.72. The van der Waals surface area contributed by atoms with Gasteiger partial charge in [-0.1, -0.05) is 97.1 Å².